The third-order valence-corrected chi connectivity index (χ3v) is 4.01. The SMILES string of the molecule is O=C(OCc1ccccc1)N1CC[C@H]2[C@H](O)C[C@H]21. The van der Waals surface area contributed by atoms with E-state index < -0.39 is 0 Å². The molecule has 1 aromatic rings. The van der Waals surface area contributed by atoms with Crippen LogP contribution < -0.4 is 0 Å². The molecule has 1 N–H and O–H groups in total. The molecule has 0 bridgehead atoms. The Morgan fingerprint density at radius 2 is 2.17 bits per heavy atom. The second-order valence-corrected chi connectivity index (χ2v) is 5.06. The van der Waals surface area contributed by atoms with Crippen LogP contribution in [-0.4, -0.2) is 34.8 Å². The second-order valence-electron chi connectivity index (χ2n) is 5.06. The van der Waals surface area contributed by atoms with Gasteiger partial charge in [-0.3, -0.25) is 0 Å². The summed E-state index contributed by atoms with van der Waals surface area (Å²) in [5.41, 5.74) is 0.996. The van der Waals surface area contributed by atoms with Gasteiger partial charge in [-0.25, -0.2) is 4.79 Å². The molecule has 1 saturated carbocycles. The summed E-state index contributed by atoms with van der Waals surface area (Å²) in [7, 11) is 0. The first kappa shape index (κ1) is 11.5. The van der Waals surface area contributed by atoms with Crippen LogP contribution in [-0.2, 0) is 11.3 Å². The molecule has 2 aliphatic rings. The number of benzene rings is 1. The predicted molar refractivity (Wildman–Crippen MR) is 65.9 cm³/mol. The van der Waals surface area contributed by atoms with Crippen LogP contribution in [0.3, 0.4) is 0 Å². The standard InChI is InChI=1S/C14H17NO3/c16-13-8-12-11(13)6-7-15(12)14(17)18-9-10-4-2-1-3-5-10/h1-5,11-13,16H,6-9H2/t11-,12-,13-/m1/s1. The van der Waals surface area contributed by atoms with Crippen LogP contribution in [0, 0.1) is 5.92 Å². The highest BCUT2D eigenvalue weighted by Crippen LogP contribution is 2.40. The van der Waals surface area contributed by atoms with Crippen molar-refractivity contribution in [1.82, 2.24) is 4.90 Å². The third kappa shape index (κ3) is 1.97. The molecule has 1 heterocycles. The van der Waals surface area contributed by atoms with Crippen molar-refractivity contribution in [2.45, 2.75) is 31.6 Å². The zero-order valence-corrected chi connectivity index (χ0v) is 10.2. The Hall–Kier alpha value is -1.55. The first-order valence-corrected chi connectivity index (χ1v) is 6.41. The van der Waals surface area contributed by atoms with Gasteiger partial charge in [-0.2, -0.15) is 0 Å². The van der Waals surface area contributed by atoms with Crippen molar-refractivity contribution in [3.05, 3.63) is 35.9 Å². The van der Waals surface area contributed by atoms with Crippen LogP contribution in [0.4, 0.5) is 4.79 Å². The lowest BCUT2D eigenvalue weighted by molar-refractivity contribution is -0.0212. The lowest BCUT2D eigenvalue weighted by Crippen LogP contribution is -2.50. The molecular formula is C14H17NO3. The molecule has 1 aromatic carbocycles. The molecule has 0 radical (unpaired) electrons. The molecule has 4 nitrogen and oxygen atoms in total. The van der Waals surface area contributed by atoms with Crippen molar-refractivity contribution in [2.24, 2.45) is 5.92 Å². The largest absolute Gasteiger partial charge is 0.445 e. The highest BCUT2D eigenvalue weighted by molar-refractivity contribution is 5.68. The van der Waals surface area contributed by atoms with E-state index in [-0.39, 0.29) is 24.2 Å². The molecule has 2 fully saturated rings. The Labute approximate surface area is 106 Å². The molecule has 96 valence electrons. The fraction of sp³-hybridized carbons (Fsp3) is 0.500. The fourth-order valence-electron chi connectivity index (χ4n) is 2.88. The number of amides is 1. The monoisotopic (exact) mass is 247 g/mol. The number of aliphatic hydroxyl groups is 1. The van der Waals surface area contributed by atoms with E-state index >= 15 is 0 Å². The quantitative estimate of drug-likeness (QED) is 0.866. The third-order valence-electron chi connectivity index (χ3n) is 4.01. The molecule has 0 spiro atoms. The van der Waals surface area contributed by atoms with E-state index in [1.807, 2.05) is 30.3 Å². The van der Waals surface area contributed by atoms with Gasteiger partial charge >= 0.3 is 6.09 Å². The summed E-state index contributed by atoms with van der Waals surface area (Å²) in [4.78, 5) is 13.7. The molecule has 3 rings (SSSR count). The molecular weight excluding hydrogens is 230 g/mol. The van der Waals surface area contributed by atoms with E-state index in [1.54, 1.807) is 4.90 Å². The smallest absolute Gasteiger partial charge is 0.410 e. The lowest BCUT2D eigenvalue weighted by Gasteiger charge is -2.39. The van der Waals surface area contributed by atoms with Gasteiger partial charge in [0.05, 0.1) is 6.10 Å². The van der Waals surface area contributed by atoms with Crippen LogP contribution in [0.1, 0.15) is 18.4 Å². The average molecular weight is 247 g/mol. The number of hydrogen-bond acceptors (Lipinski definition) is 3. The number of likely N-dealkylation sites (tertiary alicyclic amines) is 1. The summed E-state index contributed by atoms with van der Waals surface area (Å²) in [6, 6.07) is 9.87. The second kappa shape index (κ2) is 4.61. The summed E-state index contributed by atoms with van der Waals surface area (Å²) in [6.45, 7) is 1.02. The van der Waals surface area contributed by atoms with Gasteiger partial charge in [-0.1, -0.05) is 30.3 Å². The minimum Gasteiger partial charge on any atom is -0.445 e. The van der Waals surface area contributed by atoms with Gasteiger partial charge in [0.15, 0.2) is 0 Å². The topological polar surface area (TPSA) is 49.8 Å². The van der Waals surface area contributed by atoms with Crippen molar-refractivity contribution in [3.8, 4) is 0 Å². The van der Waals surface area contributed by atoms with Gasteiger partial charge in [0, 0.05) is 18.5 Å². The number of fused-ring (bicyclic) bond motifs is 1. The highest BCUT2D eigenvalue weighted by Gasteiger charge is 2.49. The zero-order valence-electron chi connectivity index (χ0n) is 10.2. The Kier molecular flexibility index (Phi) is 2.96. The Balaban J connectivity index is 1.54. The molecule has 1 amide bonds. The molecule has 4 heteroatoms. The molecule has 1 aliphatic carbocycles. The summed E-state index contributed by atoms with van der Waals surface area (Å²) in [5.74, 6) is 0.272. The summed E-state index contributed by atoms with van der Waals surface area (Å²) in [5, 5.41) is 9.55. The van der Waals surface area contributed by atoms with Crippen molar-refractivity contribution in [2.75, 3.05) is 6.54 Å². The normalized spacial score (nSPS) is 29.6. The number of carbonyl (C=O) groups is 1. The van der Waals surface area contributed by atoms with Gasteiger partial charge < -0.3 is 14.7 Å². The van der Waals surface area contributed by atoms with E-state index in [1.165, 1.54) is 0 Å². The summed E-state index contributed by atoms with van der Waals surface area (Å²) < 4.78 is 5.31. The maximum absolute atomic E-state index is 11.9. The van der Waals surface area contributed by atoms with Crippen LogP contribution in [0.25, 0.3) is 0 Å². The average Bonchev–Trinajstić information content (AvgIpc) is 2.74. The molecule has 1 saturated heterocycles. The van der Waals surface area contributed by atoms with Crippen LogP contribution in [0.5, 0.6) is 0 Å². The Morgan fingerprint density at radius 3 is 2.83 bits per heavy atom. The van der Waals surface area contributed by atoms with Crippen molar-refractivity contribution >= 4 is 6.09 Å². The number of nitrogens with zero attached hydrogens (tertiary/aromatic N) is 1. The first-order chi connectivity index (χ1) is 8.75. The Morgan fingerprint density at radius 1 is 1.39 bits per heavy atom. The maximum atomic E-state index is 11.9. The van der Waals surface area contributed by atoms with Crippen molar-refractivity contribution in [3.63, 3.8) is 0 Å². The predicted octanol–water partition coefficient (Wildman–Crippen LogP) is 1.78. The van der Waals surface area contributed by atoms with Crippen LogP contribution >= 0.6 is 0 Å². The van der Waals surface area contributed by atoms with E-state index in [0.29, 0.717) is 19.6 Å². The minimum absolute atomic E-state index is 0.197. The lowest BCUT2D eigenvalue weighted by atomic mass is 9.77. The summed E-state index contributed by atoms with van der Waals surface area (Å²) in [6.07, 6.45) is 1.12. The van der Waals surface area contributed by atoms with E-state index in [9.17, 15) is 9.90 Å². The van der Waals surface area contributed by atoms with Gasteiger partial charge in [0.2, 0.25) is 0 Å². The maximum Gasteiger partial charge on any atom is 0.410 e. The first-order valence-electron chi connectivity index (χ1n) is 6.41. The van der Waals surface area contributed by atoms with Crippen LogP contribution in [0.15, 0.2) is 30.3 Å². The molecule has 0 unspecified atom stereocenters. The van der Waals surface area contributed by atoms with Gasteiger partial charge in [-0.05, 0) is 18.4 Å². The van der Waals surface area contributed by atoms with Crippen molar-refractivity contribution in [1.29, 1.82) is 0 Å². The van der Waals surface area contributed by atoms with Crippen LogP contribution in [0.2, 0.25) is 0 Å². The van der Waals surface area contributed by atoms with Crippen molar-refractivity contribution < 1.29 is 14.6 Å². The fourth-order valence-corrected chi connectivity index (χ4v) is 2.88. The zero-order chi connectivity index (χ0) is 12.5. The van der Waals surface area contributed by atoms with E-state index in [4.69, 9.17) is 4.74 Å². The molecule has 3 atom stereocenters. The number of ether oxygens (including phenoxy) is 1. The minimum atomic E-state index is -0.252. The van der Waals surface area contributed by atoms with Gasteiger partial charge in [-0.15, -0.1) is 0 Å². The molecule has 0 aromatic heterocycles. The number of carbonyl (C=O) groups excluding carboxylic acids is 1. The molecule has 18 heavy (non-hydrogen) atoms. The highest BCUT2D eigenvalue weighted by atomic mass is 16.6. The summed E-state index contributed by atoms with van der Waals surface area (Å²) >= 11 is 0. The van der Waals surface area contributed by atoms with E-state index in [0.717, 1.165) is 12.0 Å². The number of rotatable bonds is 2. The molecule has 1 aliphatic heterocycles. The number of aliphatic hydroxyl groups excluding tert-OH is 1. The van der Waals surface area contributed by atoms with Gasteiger partial charge in [0.1, 0.15) is 6.61 Å². The van der Waals surface area contributed by atoms with Gasteiger partial charge in [0.25, 0.3) is 0 Å². The van der Waals surface area contributed by atoms with E-state index in [2.05, 4.69) is 0 Å². The Bertz CT molecular complexity index is 434. The number of hydrogen-bond donors (Lipinski definition) is 1.